The van der Waals surface area contributed by atoms with Gasteiger partial charge in [0.2, 0.25) is 0 Å². The lowest BCUT2D eigenvalue weighted by atomic mass is 10.4. The molecule has 0 aliphatic carbocycles. The third-order valence-corrected chi connectivity index (χ3v) is 1.14. The maximum Gasteiger partial charge on any atom is 0.409 e. The number of amides is 1. The first kappa shape index (κ1) is 13.8. The van der Waals surface area contributed by atoms with Crippen molar-refractivity contribution in [3.63, 3.8) is 0 Å². The molecule has 74 valence electrons. The van der Waals surface area contributed by atoms with Gasteiger partial charge in [-0.3, -0.25) is 0 Å². The Morgan fingerprint density at radius 2 is 1.75 bits per heavy atom. The zero-order valence-electron chi connectivity index (χ0n) is 9.05. The minimum atomic E-state index is -0.211. The average molecular weight is 175 g/mol. The molecule has 0 spiro atoms. The van der Waals surface area contributed by atoms with E-state index in [0.717, 1.165) is 6.54 Å². The zero-order valence-corrected chi connectivity index (χ0v) is 9.05. The van der Waals surface area contributed by atoms with Crippen LogP contribution < -0.4 is 0 Å². The van der Waals surface area contributed by atoms with E-state index < -0.39 is 0 Å². The molecule has 1 amide bonds. The van der Waals surface area contributed by atoms with E-state index in [1.807, 2.05) is 34.6 Å². The number of nitrogens with zero attached hydrogens (tertiary/aromatic N) is 1. The fourth-order valence-corrected chi connectivity index (χ4v) is 0.760. The molecule has 3 heteroatoms. The molecular weight excluding hydrogens is 154 g/mol. The Hall–Kier alpha value is -0.730. The second-order valence-corrected chi connectivity index (χ2v) is 2.07. The van der Waals surface area contributed by atoms with E-state index >= 15 is 0 Å². The molecule has 1 aliphatic heterocycles. The van der Waals surface area contributed by atoms with Crippen LogP contribution in [0, 0.1) is 0 Å². The summed E-state index contributed by atoms with van der Waals surface area (Å²) in [5, 5.41) is 0. The molecule has 0 N–H and O–H groups in total. The topological polar surface area (TPSA) is 29.5 Å². The van der Waals surface area contributed by atoms with E-state index in [-0.39, 0.29) is 12.2 Å². The van der Waals surface area contributed by atoms with Gasteiger partial charge < -0.3 is 9.64 Å². The van der Waals surface area contributed by atoms with Crippen LogP contribution in [0.1, 0.15) is 34.6 Å². The standard InChI is InChI=1S/C5H9NO2.2C2H6/c1-4-3-6(2)5(7)8-4;2*1-2/h4H,3H2,1-2H3;2*1-2H3/t4-;;/m1../s1. The van der Waals surface area contributed by atoms with Crippen LogP contribution in [-0.4, -0.2) is 30.7 Å². The van der Waals surface area contributed by atoms with Crippen LogP contribution in [0.4, 0.5) is 4.79 Å². The summed E-state index contributed by atoms with van der Waals surface area (Å²) in [6.07, 6.45) is -0.134. The summed E-state index contributed by atoms with van der Waals surface area (Å²) in [7, 11) is 1.73. The van der Waals surface area contributed by atoms with E-state index in [2.05, 4.69) is 0 Å². The minimum absolute atomic E-state index is 0.0764. The van der Waals surface area contributed by atoms with Crippen LogP contribution in [0.25, 0.3) is 0 Å². The van der Waals surface area contributed by atoms with Gasteiger partial charge in [0.25, 0.3) is 0 Å². The van der Waals surface area contributed by atoms with Gasteiger partial charge in [0.1, 0.15) is 6.10 Å². The Bertz CT molecular complexity index is 115. The van der Waals surface area contributed by atoms with Gasteiger partial charge in [0.15, 0.2) is 0 Å². The normalized spacial score (nSPS) is 20.0. The van der Waals surface area contributed by atoms with Crippen molar-refractivity contribution in [3.8, 4) is 0 Å². The number of carbonyl (C=O) groups is 1. The monoisotopic (exact) mass is 175 g/mol. The summed E-state index contributed by atoms with van der Waals surface area (Å²) in [6.45, 7) is 10.6. The second kappa shape index (κ2) is 8.37. The number of likely N-dealkylation sites (N-methyl/N-ethyl adjacent to an activating group) is 1. The predicted molar refractivity (Wildman–Crippen MR) is 51.3 cm³/mol. The SMILES string of the molecule is CC.CC.C[C@@H]1CN(C)C(=O)O1. The number of hydrogen-bond acceptors (Lipinski definition) is 2. The van der Waals surface area contributed by atoms with Gasteiger partial charge in [-0.15, -0.1) is 0 Å². The van der Waals surface area contributed by atoms with Gasteiger partial charge in [-0.25, -0.2) is 4.79 Å². The highest BCUT2D eigenvalue weighted by Crippen LogP contribution is 2.06. The van der Waals surface area contributed by atoms with E-state index in [9.17, 15) is 4.79 Å². The highest BCUT2D eigenvalue weighted by molar-refractivity contribution is 5.69. The predicted octanol–water partition coefficient (Wildman–Crippen LogP) is 2.51. The fourth-order valence-electron chi connectivity index (χ4n) is 0.760. The van der Waals surface area contributed by atoms with Crippen LogP contribution >= 0.6 is 0 Å². The number of carbonyl (C=O) groups excluding carboxylic acids is 1. The molecule has 1 aliphatic rings. The van der Waals surface area contributed by atoms with Crippen molar-refractivity contribution in [3.05, 3.63) is 0 Å². The smallest absolute Gasteiger partial charge is 0.409 e. The van der Waals surface area contributed by atoms with E-state index in [1.54, 1.807) is 11.9 Å². The third-order valence-electron chi connectivity index (χ3n) is 1.14. The van der Waals surface area contributed by atoms with Crippen molar-refractivity contribution in [2.24, 2.45) is 0 Å². The molecule has 3 nitrogen and oxygen atoms in total. The largest absolute Gasteiger partial charge is 0.445 e. The minimum Gasteiger partial charge on any atom is -0.445 e. The number of cyclic esters (lactones) is 1. The molecule has 0 aromatic heterocycles. The maximum absolute atomic E-state index is 10.5. The molecule has 1 fully saturated rings. The summed E-state index contributed by atoms with van der Waals surface area (Å²) < 4.78 is 4.76. The zero-order chi connectivity index (χ0) is 10.1. The molecule has 1 heterocycles. The van der Waals surface area contributed by atoms with E-state index in [1.165, 1.54) is 0 Å². The quantitative estimate of drug-likeness (QED) is 0.566. The second-order valence-electron chi connectivity index (χ2n) is 2.07. The van der Waals surface area contributed by atoms with Gasteiger partial charge >= 0.3 is 6.09 Å². The molecule has 0 bridgehead atoms. The lowest BCUT2D eigenvalue weighted by molar-refractivity contribution is 0.141. The highest BCUT2D eigenvalue weighted by Gasteiger charge is 2.23. The molecule has 1 saturated heterocycles. The van der Waals surface area contributed by atoms with Crippen molar-refractivity contribution in [2.45, 2.75) is 40.7 Å². The summed E-state index contributed by atoms with van der Waals surface area (Å²) in [6, 6.07) is 0. The van der Waals surface area contributed by atoms with Crippen molar-refractivity contribution in [2.75, 3.05) is 13.6 Å². The van der Waals surface area contributed by atoms with Gasteiger partial charge in [-0.05, 0) is 6.92 Å². The van der Waals surface area contributed by atoms with E-state index in [4.69, 9.17) is 4.74 Å². The summed E-state index contributed by atoms with van der Waals surface area (Å²) in [5.41, 5.74) is 0. The van der Waals surface area contributed by atoms with Crippen LogP contribution in [0.3, 0.4) is 0 Å². The lowest BCUT2D eigenvalue weighted by Gasteiger charge is -1.99. The first-order chi connectivity index (χ1) is 5.70. The average Bonchev–Trinajstić information content (AvgIpc) is 2.37. The van der Waals surface area contributed by atoms with Crippen molar-refractivity contribution >= 4 is 6.09 Å². The van der Waals surface area contributed by atoms with Crippen molar-refractivity contribution in [1.29, 1.82) is 0 Å². The maximum atomic E-state index is 10.5. The van der Waals surface area contributed by atoms with Crippen LogP contribution in [0.5, 0.6) is 0 Å². The summed E-state index contributed by atoms with van der Waals surface area (Å²) in [4.78, 5) is 12.0. The van der Waals surface area contributed by atoms with Crippen LogP contribution in [0.15, 0.2) is 0 Å². The molecule has 12 heavy (non-hydrogen) atoms. The molecular formula is C9H21NO2. The summed E-state index contributed by atoms with van der Waals surface area (Å²) in [5.74, 6) is 0. The molecule has 1 rings (SSSR count). The van der Waals surface area contributed by atoms with Gasteiger partial charge in [-0.2, -0.15) is 0 Å². The first-order valence-electron chi connectivity index (χ1n) is 4.62. The molecule has 0 unspecified atom stereocenters. The van der Waals surface area contributed by atoms with Crippen molar-refractivity contribution < 1.29 is 9.53 Å². The number of rotatable bonds is 0. The molecule has 1 atom stereocenters. The van der Waals surface area contributed by atoms with Gasteiger partial charge in [-0.1, -0.05) is 27.7 Å². The van der Waals surface area contributed by atoms with E-state index in [0.29, 0.717) is 0 Å². The molecule has 0 saturated carbocycles. The first-order valence-corrected chi connectivity index (χ1v) is 4.62. The molecule has 0 aromatic carbocycles. The number of hydrogen-bond donors (Lipinski definition) is 0. The van der Waals surface area contributed by atoms with Crippen LogP contribution in [-0.2, 0) is 4.74 Å². The Morgan fingerprint density at radius 3 is 1.83 bits per heavy atom. The van der Waals surface area contributed by atoms with Gasteiger partial charge in [0.05, 0.1) is 6.54 Å². The lowest BCUT2D eigenvalue weighted by Crippen LogP contribution is -2.18. The Morgan fingerprint density at radius 1 is 1.33 bits per heavy atom. The fraction of sp³-hybridized carbons (Fsp3) is 0.889. The molecule has 0 aromatic rings. The third kappa shape index (κ3) is 4.99. The van der Waals surface area contributed by atoms with Gasteiger partial charge in [0, 0.05) is 7.05 Å². The Balaban J connectivity index is 0. The summed E-state index contributed by atoms with van der Waals surface area (Å²) >= 11 is 0. The Labute approximate surface area is 75.7 Å². The molecule has 0 radical (unpaired) electrons. The van der Waals surface area contributed by atoms with Crippen LogP contribution in [0.2, 0.25) is 0 Å². The van der Waals surface area contributed by atoms with Crippen molar-refractivity contribution in [1.82, 2.24) is 4.90 Å². The number of ether oxygens (including phenoxy) is 1. The highest BCUT2D eigenvalue weighted by atomic mass is 16.6. The Kier molecular flexibility index (Phi) is 9.65.